The van der Waals surface area contributed by atoms with E-state index in [4.69, 9.17) is 25.2 Å². The van der Waals surface area contributed by atoms with Gasteiger partial charge in [0.25, 0.3) is 0 Å². The van der Waals surface area contributed by atoms with Gasteiger partial charge in [0, 0.05) is 25.2 Å². The molecular formula is C30H40N4O7S. The Labute approximate surface area is 247 Å². The van der Waals surface area contributed by atoms with E-state index in [2.05, 4.69) is 11.4 Å². The van der Waals surface area contributed by atoms with Crippen molar-refractivity contribution < 1.29 is 32.5 Å². The summed E-state index contributed by atoms with van der Waals surface area (Å²) < 4.78 is 45.7. The van der Waals surface area contributed by atoms with Crippen molar-refractivity contribution in [3.63, 3.8) is 0 Å². The molecule has 0 aromatic heterocycles. The van der Waals surface area contributed by atoms with Gasteiger partial charge in [-0.05, 0) is 48.4 Å². The summed E-state index contributed by atoms with van der Waals surface area (Å²) in [7, 11) is -4.10. The second kappa shape index (κ2) is 13.8. The number of nitrogens with zero attached hydrogens (tertiary/aromatic N) is 2. The van der Waals surface area contributed by atoms with Crippen LogP contribution in [0.25, 0.3) is 0 Å². The number of carbonyl (C=O) groups excluding carboxylic acids is 1. The lowest BCUT2D eigenvalue weighted by Gasteiger charge is -2.35. The molecule has 1 amide bonds. The standard InChI is InChI=1S/C30H40N4O7S/c1-30(2,13-7-14-31)20-34(42(37,38)23-11-6-10-22(32)17-23)18-26(35)25(16-21-8-4-3-5-9-21)33-29(36)41-27-19-40-28-24(27)12-15-39-28/h3-6,8-11,17,24-28,35H,7,12-13,15-16,18-20,32H2,1-2H3,(H,33,36)/t24?,25-,26?,27?,28?/m0/s1. The number of hydrogen-bond acceptors (Lipinski definition) is 9. The predicted octanol–water partition coefficient (Wildman–Crippen LogP) is 3.05. The summed E-state index contributed by atoms with van der Waals surface area (Å²) in [5.41, 5.74) is 6.45. The first-order valence-corrected chi connectivity index (χ1v) is 15.6. The molecule has 2 aliphatic heterocycles. The fourth-order valence-electron chi connectivity index (χ4n) is 5.38. The highest BCUT2D eigenvalue weighted by atomic mass is 32.2. The number of aliphatic hydroxyl groups is 1. The van der Waals surface area contributed by atoms with Crippen molar-refractivity contribution in [2.75, 3.05) is 32.0 Å². The number of nitriles is 1. The van der Waals surface area contributed by atoms with Crippen LogP contribution < -0.4 is 11.1 Å². The van der Waals surface area contributed by atoms with Crippen LogP contribution >= 0.6 is 0 Å². The number of fused-ring (bicyclic) bond motifs is 1. The molecule has 4 rings (SSSR count). The van der Waals surface area contributed by atoms with Gasteiger partial charge in [-0.15, -0.1) is 0 Å². The number of carbonyl (C=O) groups is 1. The molecule has 2 aliphatic rings. The summed E-state index contributed by atoms with van der Waals surface area (Å²) >= 11 is 0. The van der Waals surface area contributed by atoms with E-state index in [0.717, 1.165) is 12.0 Å². The molecule has 2 aromatic carbocycles. The van der Waals surface area contributed by atoms with Crippen molar-refractivity contribution >= 4 is 21.8 Å². The molecule has 11 nitrogen and oxygen atoms in total. The molecule has 0 spiro atoms. The van der Waals surface area contributed by atoms with E-state index in [1.54, 1.807) is 12.1 Å². The molecule has 12 heteroatoms. The quantitative estimate of drug-likeness (QED) is 0.293. The Morgan fingerprint density at radius 3 is 2.71 bits per heavy atom. The first-order chi connectivity index (χ1) is 20.0. The van der Waals surface area contributed by atoms with Crippen LogP contribution in [0.3, 0.4) is 0 Å². The van der Waals surface area contributed by atoms with Crippen LogP contribution in [0.15, 0.2) is 59.5 Å². The number of nitrogen functional groups attached to an aromatic ring is 1. The van der Waals surface area contributed by atoms with E-state index in [-0.39, 0.29) is 55.3 Å². The number of anilines is 1. The van der Waals surface area contributed by atoms with E-state index < -0.39 is 39.8 Å². The van der Waals surface area contributed by atoms with Gasteiger partial charge in [-0.25, -0.2) is 13.2 Å². The highest BCUT2D eigenvalue weighted by molar-refractivity contribution is 7.89. The van der Waals surface area contributed by atoms with Crippen molar-refractivity contribution in [1.82, 2.24) is 9.62 Å². The van der Waals surface area contributed by atoms with E-state index in [0.29, 0.717) is 13.0 Å². The largest absolute Gasteiger partial charge is 0.443 e. The zero-order valence-corrected chi connectivity index (χ0v) is 24.8. The van der Waals surface area contributed by atoms with E-state index in [9.17, 15) is 18.3 Å². The third-order valence-corrected chi connectivity index (χ3v) is 9.52. The van der Waals surface area contributed by atoms with Crippen LogP contribution in [-0.2, 0) is 30.7 Å². The van der Waals surface area contributed by atoms with Gasteiger partial charge in [0.05, 0.1) is 42.2 Å². The summed E-state index contributed by atoms with van der Waals surface area (Å²) in [6.45, 7) is 4.23. The van der Waals surface area contributed by atoms with Gasteiger partial charge in [0.2, 0.25) is 10.0 Å². The fraction of sp³-hybridized carbons (Fsp3) is 0.533. The first-order valence-electron chi connectivity index (χ1n) is 14.1. The maximum atomic E-state index is 13.9. The third kappa shape index (κ3) is 8.20. The van der Waals surface area contributed by atoms with Crippen LogP contribution in [-0.4, -0.2) is 74.8 Å². The number of benzene rings is 2. The molecule has 2 aromatic rings. The number of amides is 1. The van der Waals surface area contributed by atoms with Crippen LogP contribution in [0.2, 0.25) is 0 Å². The Morgan fingerprint density at radius 2 is 2.00 bits per heavy atom. The number of nitrogens with one attached hydrogen (secondary N) is 1. The van der Waals surface area contributed by atoms with Crippen molar-refractivity contribution in [1.29, 1.82) is 5.26 Å². The van der Waals surface area contributed by atoms with Gasteiger partial charge in [-0.1, -0.05) is 50.2 Å². The van der Waals surface area contributed by atoms with Gasteiger partial charge in [0.15, 0.2) is 6.29 Å². The number of ether oxygens (including phenoxy) is 3. The number of alkyl carbamates (subject to hydrolysis) is 1. The Morgan fingerprint density at radius 1 is 1.24 bits per heavy atom. The highest BCUT2D eigenvalue weighted by Gasteiger charge is 2.44. The smallest absolute Gasteiger partial charge is 0.407 e. The lowest BCUT2D eigenvalue weighted by molar-refractivity contribution is -0.0907. The van der Waals surface area contributed by atoms with E-state index in [1.165, 1.54) is 16.4 Å². The molecule has 4 unspecified atom stereocenters. The monoisotopic (exact) mass is 600 g/mol. The molecular weight excluding hydrogens is 560 g/mol. The molecule has 42 heavy (non-hydrogen) atoms. The average molecular weight is 601 g/mol. The Kier molecular flexibility index (Phi) is 10.5. The minimum absolute atomic E-state index is 0.00710. The molecule has 0 bridgehead atoms. The third-order valence-electron chi connectivity index (χ3n) is 7.71. The number of aliphatic hydroxyl groups excluding tert-OH is 1. The van der Waals surface area contributed by atoms with Crippen LogP contribution in [0.1, 0.15) is 38.7 Å². The minimum Gasteiger partial charge on any atom is -0.443 e. The maximum Gasteiger partial charge on any atom is 0.407 e. The lowest BCUT2D eigenvalue weighted by Crippen LogP contribution is -2.52. The summed E-state index contributed by atoms with van der Waals surface area (Å²) in [5.74, 6) is -0.0529. The molecule has 0 radical (unpaired) electrons. The second-order valence-corrected chi connectivity index (χ2v) is 13.6. The zero-order chi connectivity index (χ0) is 30.3. The fourth-order valence-corrected chi connectivity index (χ4v) is 7.08. The van der Waals surface area contributed by atoms with E-state index >= 15 is 0 Å². The molecule has 2 heterocycles. The first kappa shape index (κ1) is 31.7. The van der Waals surface area contributed by atoms with Crippen LogP contribution in [0.5, 0.6) is 0 Å². The Bertz CT molecular complexity index is 1350. The molecule has 2 fully saturated rings. The minimum atomic E-state index is -4.10. The maximum absolute atomic E-state index is 13.9. The van der Waals surface area contributed by atoms with Crippen LogP contribution in [0, 0.1) is 22.7 Å². The molecule has 228 valence electrons. The van der Waals surface area contributed by atoms with Crippen molar-refractivity contribution in [3.05, 3.63) is 60.2 Å². The van der Waals surface area contributed by atoms with Gasteiger partial charge in [0.1, 0.15) is 6.10 Å². The number of sulfonamides is 1. The van der Waals surface area contributed by atoms with Crippen molar-refractivity contribution in [2.45, 2.75) is 69.0 Å². The van der Waals surface area contributed by atoms with Gasteiger partial charge in [-0.2, -0.15) is 9.57 Å². The van der Waals surface area contributed by atoms with E-state index in [1.807, 2.05) is 44.2 Å². The number of nitrogens with two attached hydrogens (primary N) is 1. The zero-order valence-electron chi connectivity index (χ0n) is 24.0. The van der Waals surface area contributed by atoms with Gasteiger partial charge in [-0.3, -0.25) is 0 Å². The number of rotatable bonds is 13. The molecule has 0 aliphatic carbocycles. The highest BCUT2D eigenvalue weighted by Crippen LogP contribution is 2.33. The normalized spacial score (nSPS) is 21.8. The van der Waals surface area contributed by atoms with Gasteiger partial charge >= 0.3 is 6.09 Å². The summed E-state index contributed by atoms with van der Waals surface area (Å²) in [6.07, 6.45) is -1.23. The second-order valence-electron chi connectivity index (χ2n) is 11.7. The lowest BCUT2D eigenvalue weighted by atomic mass is 9.88. The Hall–Kier alpha value is -3.21. The van der Waals surface area contributed by atoms with Gasteiger partial charge < -0.3 is 30.4 Å². The predicted molar refractivity (Wildman–Crippen MR) is 155 cm³/mol. The molecule has 5 atom stereocenters. The summed E-state index contributed by atoms with van der Waals surface area (Å²) in [5, 5.41) is 23.4. The topological polar surface area (TPSA) is 164 Å². The molecule has 4 N–H and O–H groups in total. The number of hydrogen-bond donors (Lipinski definition) is 3. The molecule has 0 saturated carbocycles. The van der Waals surface area contributed by atoms with Crippen molar-refractivity contribution in [3.8, 4) is 6.07 Å². The van der Waals surface area contributed by atoms with Crippen LogP contribution in [0.4, 0.5) is 10.5 Å². The summed E-state index contributed by atoms with van der Waals surface area (Å²) in [4.78, 5) is 13.1. The Balaban J connectivity index is 1.56. The summed E-state index contributed by atoms with van der Waals surface area (Å²) in [6, 6.07) is 16.5. The SMILES string of the molecule is CC(C)(CCC#N)CN(CC(O)[C@H](Cc1ccccc1)NC(=O)OC1COC2OCCC12)S(=O)(=O)c1cccc(N)c1. The van der Waals surface area contributed by atoms with Crippen molar-refractivity contribution in [2.24, 2.45) is 11.3 Å². The average Bonchev–Trinajstić information content (AvgIpc) is 3.57. The molecule has 2 saturated heterocycles.